The minimum Gasteiger partial charge on any atom is -0.495 e. The Kier molecular flexibility index (Phi) is 5.81. The van der Waals surface area contributed by atoms with Gasteiger partial charge in [0, 0.05) is 0 Å². The summed E-state index contributed by atoms with van der Waals surface area (Å²) < 4.78 is 5.64. The predicted molar refractivity (Wildman–Crippen MR) is 114 cm³/mol. The Morgan fingerprint density at radius 1 is 1.23 bits per heavy atom. The molecule has 1 amide bonds. The number of hydrogen-bond acceptors (Lipinski definition) is 4. The van der Waals surface area contributed by atoms with E-state index in [0.29, 0.717) is 25.7 Å². The molecule has 0 saturated carbocycles. The first-order valence-corrected chi connectivity index (χ1v) is 9.44. The summed E-state index contributed by atoms with van der Waals surface area (Å²) in [7, 11) is 1.55. The number of allylic oxidation sites excluding steroid dienone is 2. The molecule has 1 aliphatic heterocycles. The molecule has 6 heteroatoms. The number of thioether (sulfide) groups is 1. The Bertz CT molecular complexity index is 923. The zero-order valence-electron chi connectivity index (χ0n) is 14.2. The van der Waals surface area contributed by atoms with Crippen LogP contribution >= 0.6 is 35.6 Å². The van der Waals surface area contributed by atoms with Crippen LogP contribution in [0.3, 0.4) is 0 Å². The molecular formula is C20H16ClNO2S2. The average molecular weight is 402 g/mol. The molecule has 26 heavy (non-hydrogen) atoms. The standard InChI is InChI=1S/C20H16ClNO2S2/c1-13(10-14-6-4-3-5-7-14)11-18-19(23)22(20(25)26-18)15-8-9-17(24-2)16(21)12-15/h3-12H,1-2H3/b13-10+,18-11+. The number of rotatable bonds is 4. The van der Waals surface area contributed by atoms with Gasteiger partial charge in [-0.15, -0.1) is 0 Å². The van der Waals surface area contributed by atoms with E-state index in [1.807, 2.05) is 49.4 Å². The van der Waals surface area contributed by atoms with Crippen molar-refractivity contribution in [1.82, 2.24) is 0 Å². The van der Waals surface area contributed by atoms with Gasteiger partial charge < -0.3 is 4.74 Å². The number of halogens is 1. The highest BCUT2D eigenvalue weighted by Gasteiger charge is 2.33. The van der Waals surface area contributed by atoms with Crippen molar-refractivity contribution in [1.29, 1.82) is 0 Å². The van der Waals surface area contributed by atoms with Crippen molar-refractivity contribution in [3.8, 4) is 5.75 Å². The first-order valence-electron chi connectivity index (χ1n) is 7.84. The molecule has 2 aromatic rings. The average Bonchev–Trinajstić information content (AvgIpc) is 2.89. The van der Waals surface area contributed by atoms with Crippen LogP contribution in [0.1, 0.15) is 12.5 Å². The molecule has 0 atom stereocenters. The van der Waals surface area contributed by atoms with E-state index in [9.17, 15) is 4.79 Å². The topological polar surface area (TPSA) is 29.5 Å². The van der Waals surface area contributed by atoms with E-state index in [2.05, 4.69) is 0 Å². The fourth-order valence-electron chi connectivity index (χ4n) is 2.55. The maximum Gasteiger partial charge on any atom is 0.270 e. The van der Waals surface area contributed by atoms with Crippen molar-refractivity contribution in [2.24, 2.45) is 0 Å². The molecule has 3 nitrogen and oxygen atoms in total. The van der Waals surface area contributed by atoms with Gasteiger partial charge in [0.2, 0.25) is 0 Å². The Labute approximate surface area is 167 Å². The molecule has 1 aliphatic rings. The predicted octanol–water partition coefficient (Wildman–Crippen LogP) is 5.70. The van der Waals surface area contributed by atoms with Crippen molar-refractivity contribution >= 4 is 57.6 Å². The van der Waals surface area contributed by atoms with Gasteiger partial charge in [0.05, 0.1) is 22.7 Å². The third-order valence-electron chi connectivity index (χ3n) is 3.74. The highest BCUT2D eigenvalue weighted by molar-refractivity contribution is 8.27. The fraction of sp³-hybridized carbons (Fsp3) is 0.100. The summed E-state index contributed by atoms with van der Waals surface area (Å²) in [5.41, 5.74) is 2.69. The summed E-state index contributed by atoms with van der Waals surface area (Å²) in [4.78, 5) is 14.9. The molecule has 3 rings (SSSR count). The molecule has 0 radical (unpaired) electrons. The van der Waals surface area contributed by atoms with Crippen LogP contribution in [-0.2, 0) is 4.79 Å². The summed E-state index contributed by atoms with van der Waals surface area (Å²) in [6.45, 7) is 1.96. The second kappa shape index (κ2) is 8.08. The molecule has 2 aromatic carbocycles. The summed E-state index contributed by atoms with van der Waals surface area (Å²) in [6, 6.07) is 15.1. The molecule has 0 aliphatic carbocycles. The molecule has 1 fully saturated rings. The number of anilines is 1. The van der Waals surface area contributed by atoms with Crippen LogP contribution in [0.4, 0.5) is 5.69 Å². The van der Waals surface area contributed by atoms with E-state index < -0.39 is 0 Å². The smallest absolute Gasteiger partial charge is 0.270 e. The van der Waals surface area contributed by atoms with Gasteiger partial charge >= 0.3 is 0 Å². The lowest BCUT2D eigenvalue weighted by atomic mass is 10.1. The van der Waals surface area contributed by atoms with E-state index >= 15 is 0 Å². The van der Waals surface area contributed by atoms with Crippen LogP contribution in [-0.4, -0.2) is 17.3 Å². The van der Waals surface area contributed by atoms with Gasteiger partial charge in [0.25, 0.3) is 5.91 Å². The number of methoxy groups -OCH3 is 1. The number of carbonyl (C=O) groups is 1. The number of benzene rings is 2. The van der Waals surface area contributed by atoms with Crippen molar-refractivity contribution in [2.75, 3.05) is 12.0 Å². The summed E-state index contributed by atoms with van der Waals surface area (Å²) in [5.74, 6) is 0.403. The Hall–Kier alpha value is -2.08. The zero-order valence-corrected chi connectivity index (χ0v) is 16.6. The van der Waals surface area contributed by atoms with Gasteiger partial charge in [-0.1, -0.05) is 72.0 Å². The molecular weight excluding hydrogens is 386 g/mol. The lowest BCUT2D eigenvalue weighted by Gasteiger charge is -2.15. The Morgan fingerprint density at radius 3 is 2.62 bits per heavy atom. The lowest BCUT2D eigenvalue weighted by molar-refractivity contribution is -0.113. The summed E-state index contributed by atoms with van der Waals surface area (Å²) in [6.07, 6.45) is 3.88. The SMILES string of the molecule is COc1ccc(N2C(=O)/C(=C\C(C)=C\c3ccccc3)SC2=S)cc1Cl. The van der Waals surface area contributed by atoms with Crippen LogP contribution in [0.2, 0.25) is 5.02 Å². The number of hydrogen-bond donors (Lipinski definition) is 0. The lowest BCUT2D eigenvalue weighted by Crippen LogP contribution is -2.27. The minimum absolute atomic E-state index is 0.151. The van der Waals surface area contributed by atoms with Crippen molar-refractivity contribution in [3.63, 3.8) is 0 Å². The third kappa shape index (κ3) is 4.01. The molecule has 0 unspecified atom stereocenters. The minimum atomic E-state index is -0.151. The van der Waals surface area contributed by atoms with E-state index in [0.717, 1.165) is 11.1 Å². The molecule has 1 saturated heterocycles. The van der Waals surface area contributed by atoms with Crippen LogP contribution in [0, 0.1) is 0 Å². The third-order valence-corrected chi connectivity index (χ3v) is 5.34. The second-order valence-electron chi connectivity index (χ2n) is 5.64. The molecule has 0 spiro atoms. The van der Waals surface area contributed by atoms with Crippen LogP contribution < -0.4 is 9.64 Å². The monoisotopic (exact) mass is 401 g/mol. The second-order valence-corrected chi connectivity index (χ2v) is 7.72. The van der Waals surface area contributed by atoms with Crippen molar-refractivity contribution in [3.05, 3.63) is 75.7 Å². The highest BCUT2D eigenvalue weighted by Crippen LogP contribution is 2.38. The quantitative estimate of drug-likeness (QED) is 0.485. The molecule has 132 valence electrons. The number of carbonyl (C=O) groups excluding carboxylic acids is 1. The van der Waals surface area contributed by atoms with E-state index in [4.69, 9.17) is 28.6 Å². The number of thiocarbonyl (C=S) groups is 1. The van der Waals surface area contributed by atoms with Gasteiger partial charge in [0.1, 0.15) is 5.75 Å². The van der Waals surface area contributed by atoms with Crippen molar-refractivity contribution < 1.29 is 9.53 Å². The Balaban J connectivity index is 1.87. The van der Waals surface area contributed by atoms with E-state index in [1.165, 1.54) is 16.7 Å². The number of ether oxygens (including phenoxy) is 1. The number of amides is 1. The molecule has 1 heterocycles. The van der Waals surface area contributed by atoms with Gasteiger partial charge in [-0.25, -0.2) is 0 Å². The maximum atomic E-state index is 12.8. The fourth-order valence-corrected chi connectivity index (χ4v) is 4.15. The molecule has 0 N–H and O–H groups in total. The van der Waals surface area contributed by atoms with Crippen LogP contribution in [0.5, 0.6) is 5.75 Å². The number of nitrogens with zero attached hydrogens (tertiary/aromatic N) is 1. The van der Waals surface area contributed by atoms with Gasteiger partial charge in [-0.05, 0) is 42.3 Å². The van der Waals surface area contributed by atoms with E-state index in [-0.39, 0.29) is 5.91 Å². The summed E-state index contributed by atoms with van der Waals surface area (Å²) >= 11 is 12.9. The first kappa shape index (κ1) is 18.7. The van der Waals surface area contributed by atoms with Crippen molar-refractivity contribution in [2.45, 2.75) is 6.92 Å². The Morgan fingerprint density at radius 2 is 1.96 bits per heavy atom. The summed E-state index contributed by atoms with van der Waals surface area (Å²) in [5, 5.41) is 0.434. The highest BCUT2D eigenvalue weighted by atomic mass is 35.5. The van der Waals surface area contributed by atoms with Crippen LogP contribution in [0.15, 0.2) is 65.1 Å². The first-order chi connectivity index (χ1) is 12.5. The van der Waals surface area contributed by atoms with Crippen LogP contribution in [0.25, 0.3) is 6.08 Å². The molecule has 0 aromatic heterocycles. The largest absolute Gasteiger partial charge is 0.495 e. The molecule has 0 bridgehead atoms. The van der Waals surface area contributed by atoms with Gasteiger partial charge in [0.15, 0.2) is 4.32 Å². The van der Waals surface area contributed by atoms with Gasteiger partial charge in [-0.3, -0.25) is 9.69 Å². The van der Waals surface area contributed by atoms with E-state index in [1.54, 1.807) is 25.3 Å². The zero-order chi connectivity index (χ0) is 18.7. The maximum absolute atomic E-state index is 12.8. The normalized spacial score (nSPS) is 16.5. The van der Waals surface area contributed by atoms with Gasteiger partial charge in [-0.2, -0.15) is 0 Å².